The number of carbonyl (C=O) groups is 1. The Balaban J connectivity index is 3.61. The van der Waals surface area contributed by atoms with Crippen LogP contribution in [0.1, 0.15) is 33.6 Å². The fourth-order valence-corrected chi connectivity index (χ4v) is 1.43. The molecule has 16 heavy (non-hydrogen) atoms. The summed E-state index contributed by atoms with van der Waals surface area (Å²) in [4.78, 5) is 14.3. The van der Waals surface area contributed by atoms with E-state index in [9.17, 15) is 13.6 Å². The normalized spacial score (nSPS) is 10.2. The summed E-state index contributed by atoms with van der Waals surface area (Å²) in [6.07, 6.45) is -2.07. The van der Waals surface area contributed by atoms with Crippen LogP contribution in [0.2, 0.25) is 0 Å². The van der Waals surface area contributed by atoms with Gasteiger partial charge in [-0.1, -0.05) is 0 Å². The van der Waals surface area contributed by atoms with Gasteiger partial charge in [-0.2, -0.15) is 5.26 Å². The van der Waals surface area contributed by atoms with Crippen LogP contribution in [0.4, 0.5) is 8.78 Å². The van der Waals surface area contributed by atoms with Gasteiger partial charge in [0.2, 0.25) is 0 Å². The maximum absolute atomic E-state index is 12.7. The van der Waals surface area contributed by atoms with E-state index in [1.54, 1.807) is 0 Å². The number of nitrogens with zero attached hydrogens (tertiary/aromatic N) is 2. The first-order valence-electron chi connectivity index (χ1n) is 4.02. The van der Waals surface area contributed by atoms with Crippen molar-refractivity contribution in [2.24, 2.45) is 0 Å². The Morgan fingerprint density at radius 1 is 1.69 bits per heavy atom. The van der Waals surface area contributed by atoms with Gasteiger partial charge in [-0.15, -0.1) is 11.6 Å². The summed E-state index contributed by atoms with van der Waals surface area (Å²) in [7, 11) is 0. The highest BCUT2D eigenvalue weighted by atomic mass is 35.5. The van der Waals surface area contributed by atoms with Gasteiger partial charge < -0.3 is 5.11 Å². The van der Waals surface area contributed by atoms with Crippen LogP contribution in [0.3, 0.4) is 0 Å². The number of hydrogen-bond acceptors (Lipinski definition) is 3. The third-order valence-electron chi connectivity index (χ3n) is 1.88. The van der Waals surface area contributed by atoms with E-state index in [2.05, 4.69) is 4.98 Å². The molecular weight excluding hydrogens is 242 g/mol. The van der Waals surface area contributed by atoms with Gasteiger partial charge in [-0.05, 0) is 0 Å². The zero-order valence-electron chi connectivity index (χ0n) is 7.75. The second kappa shape index (κ2) is 4.86. The van der Waals surface area contributed by atoms with Crippen molar-refractivity contribution >= 4 is 17.6 Å². The Kier molecular flexibility index (Phi) is 3.74. The molecule has 1 rings (SSSR count). The van der Waals surface area contributed by atoms with Crippen molar-refractivity contribution in [2.45, 2.75) is 12.3 Å². The van der Waals surface area contributed by atoms with Crippen molar-refractivity contribution < 1.29 is 18.7 Å². The van der Waals surface area contributed by atoms with Crippen molar-refractivity contribution in [3.05, 3.63) is 28.6 Å². The molecule has 0 saturated heterocycles. The van der Waals surface area contributed by atoms with Crippen molar-refractivity contribution in [2.75, 3.05) is 0 Å². The molecule has 4 nitrogen and oxygen atoms in total. The minimum Gasteiger partial charge on any atom is -0.478 e. The Labute approximate surface area is 94.1 Å². The molecule has 1 heterocycles. The third kappa shape index (κ3) is 2.09. The Morgan fingerprint density at radius 2 is 2.31 bits per heavy atom. The topological polar surface area (TPSA) is 74.0 Å². The van der Waals surface area contributed by atoms with Crippen LogP contribution in [0.15, 0.2) is 6.20 Å². The number of rotatable bonds is 3. The molecule has 0 aliphatic heterocycles. The van der Waals surface area contributed by atoms with Crippen molar-refractivity contribution in [3.8, 4) is 6.07 Å². The van der Waals surface area contributed by atoms with Gasteiger partial charge in [0.05, 0.1) is 11.1 Å². The summed E-state index contributed by atoms with van der Waals surface area (Å²) in [6, 6.07) is 1.43. The first-order valence-corrected chi connectivity index (χ1v) is 4.55. The maximum atomic E-state index is 12.7. The summed E-state index contributed by atoms with van der Waals surface area (Å²) < 4.78 is 25.3. The number of aromatic carboxylic acids is 1. The zero-order chi connectivity index (χ0) is 12.3. The summed E-state index contributed by atoms with van der Waals surface area (Å²) in [5.74, 6) is -1.81. The zero-order valence-corrected chi connectivity index (χ0v) is 8.50. The number of alkyl halides is 3. The molecule has 0 saturated carbocycles. The Bertz CT molecular complexity index is 471. The predicted octanol–water partition coefficient (Wildman–Crippen LogP) is 2.33. The lowest BCUT2D eigenvalue weighted by Gasteiger charge is -2.09. The molecule has 0 fully saturated rings. The fraction of sp³-hybridized carbons (Fsp3) is 0.222. The van der Waals surface area contributed by atoms with E-state index in [0.717, 1.165) is 6.20 Å². The summed E-state index contributed by atoms with van der Waals surface area (Å²) in [6.45, 7) is 0. The van der Waals surface area contributed by atoms with E-state index in [4.69, 9.17) is 22.0 Å². The highest BCUT2D eigenvalue weighted by Gasteiger charge is 2.26. The van der Waals surface area contributed by atoms with E-state index in [1.807, 2.05) is 0 Å². The lowest BCUT2D eigenvalue weighted by atomic mass is 10.0. The van der Waals surface area contributed by atoms with Gasteiger partial charge in [0.1, 0.15) is 11.8 Å². The van der Waals surface area contributed by atoms with Crippen LogP contribution in [-0.4, -0.2) is 16.1 Å². The molecule has 0 amide bonds. The molecule has 0 aliphatic rings. The minimum absolute atomic E-state index is 0.0385. The number of carboxylic acids is 1. The fourth-order valence-electron chi connectivity index (χ4n) is 1.22. The smallest absolute Gasteiger partial charge is 0.336 e. The highest BCUT2D eigenvalue weighted by molar-refractivity contribution is 6.17. The maximum Gasteiger partial charge on any atom is 0.336 e. The minimum atomic E-state index is -3.09. The molecular formula is C9H5ClF2N2O2. The molecule has 0 atom stereocenters. The Hall–Kier alpha value is -1.74. The summed E-state index contributed by atoms with van der Waals surface area (Å²) in [5.41, 5.74) is -2.16. The third-order valence-corrected chi connectivity index (χ3v) is 2.16. The second-order valence-electron chi connectivity index (χ2n) is 2.77. The molecule has 1 aromatic heterocycles. The second-order valence-corrected chi connectivity index (χ2v) is 3.04. The molecule has 84 valence electrons. The van der Waals surface area contributed by atoms with E-state index in [1.165, 1.54) is 6.07 Å². The molecule has 0 radical (unpaired) electrons. The van der Waals surface area contributed by atoms with Crippen LogP contribution in [0.25, 0.3) is 0 Å². The van der Waals surface area contributed by atoms with E-state index in [0.29, 0.717) is 0 Å². The van der Waals surface area contributed by atoms with Crippen LogP contribution >= 0.6 is 11.6 Å². The molecule has 0 unspecified atom stereocenters. The van der Waals surface area contributed by atoms with Gasteiger partial charge in [0, 0.05) is 17.6 Å². The Morgan fingerprint density at radius 3 is 2.69 bits per heavy atom. The largest absolute Gasteiger partial charge is 0.478 e. The van der Waals surface area contributed by atoms with E-state index >= 15 is 0 Å². The summed E-state index contributed by atoms with van der Waals surface area (Å²) in [5, 5.41) is 17.4. The SMILES string of the molecule is N#Cc1ncc(CCl)c(C(=O)O)c1C(F)F. The standard InChI is InChI=1S/C9H5ClF2N2O2/c10-1-4-3-14-5(2-13)7(8(11)12)6(4)9(15)16/h3,8H,1H2,(H,15,16). The first-order chi connectivity index (χ1) is 7.52. The quantitative estimate of drug-likeness (QED) is 0.831. The van der Waals surface area contributed by atoms with E-state index in [-0.39, 0.29) is 11.4 Å². The first kappa shape index (κ1) is 12.3. The number of nitriles is 1. The van der Waals surface area contributed by atoms with Gasteiger partial charge in [-0.3, -0.25) is 0 Å². The molecule has 0 aromatic carbocycles. The highest BCUT2D eigenvalue weighted by Crippen LogP contribution is 2.28. The monoisotopic (exact) mass is 246 g/mol. The van der Waals surface area contributed by atoms with Crippen molar-refractivity contribution in [1.82, 2.24) is 4.98 Å². The number of carboxylic acid groups (broad SMARTS) is 1. The average molecular weight is 247 g/mol. The average Bonchev–Trinajstić information content (AvgIpc) is 2.26. The number of hydrogen-bond donors (Lipinski definition) is 1. The number of pyridine rings is 1. The predicted molar refractivity (Wildman–Crippen MR) is 50.4 cm³/mol. The van der Waals surface area contributed by atoms with Gasteiger partial charge in [0.15, 0.2) is 0 Å². The molecule has 0 aliphatic carbocycles. The van der Waals surface area contributed by atoms with Crippen molar-refractivity contribution in [3.63, 3.8) is 0 Å². The van der Waals surface area contributed by atoms with Gasteiger partial charge in [-0.25, -0.2) is 18.6 Å². The lowest BCUT2D eigenvalue weighted by molar-refractivity contribution is 0.0683. The molecule has 1 aromatic rings. The summed E-state index contributed by atoms with van der Waals surface area (Å²) >= 11 is 5.42. The van der Waals surface area contributed by atoms with Crippen LogP contribution in [-0.2, 0) is 5.88 Å². The molecule has 0 spiro atoms. The van der Waals surface area contributed by atoms with E-state index < -0.39 is 29.2 Å². The number of aromatic nitrogens is 1. The molecule has 0 bridgehead atoms. The van der Waals surface area contributed by atoms with Crippen molar-refractivity contribution in [1.29, 1.82) is 5.26 Å². The molecule has 7 heteroatoms. The van der Waals surface area contributed by atoms with Gasteiger partial charge >= 0.3 is 5.97 Å². The van der Waals surface area contributed by atoms with Crippen LogP contribution in [0, 0.1) is 11.3 Å². The lowest BCUT2D eigenvalue weighted by Crippen LogP contribution is -2.10. The van der Waals surface area contributed by atoms with Gasteiger partial charge in [0.25, 0.3) is 6.43 Å². The van der Waals surface area contributed by atoms with Crippen LogP contribution in [0.5, 0.6) is 0 Å². The molecule has 1 N–H and O–H groups in total. The number of halogens is 3. The van der Waals surface area contributed by atoms with Crippen LogP contribution < -0.4 is 0 Å².